The first kappa shape index (κ1) is 15.5. The van der Waals surface area contributed by atoms with Crippen LogP contribution in [0.5, 0.6) is 0 Å². The molecule has 0 amide bonds. The molecule has 108 valence electrons. The zero-order valence-electron chi connectivity index (χ0n) is 10.0. The predicted molar refractivity (Wildman–Crippen MR) is 47.4 cm³/mol. The fourth-order valence-corrected chi connectivity index (χ4v) is 2.52. The van der Waals surface area contributed by atoms with Gasteiger partial charge in [0.1, 0.15) is 5.41 Å². The van der Waals surface area contributed by atoms with Crippen molar-refractivity contribution in [3.05, 3.63) is 0 Å². The van der Waals surface area contributed by atoms with Crippen LogP contribution in [-0.4, -0.2) is 23.7 Å². The molecule has 0 radical (unpaired) electrons. The van der Waals surface area contributed by atoms with E-state index in [2.05, 4.69) is 0 Å². The average Bonchev–Trinajstić information content (AvgIpc) is 2.16. The van der Waals surface area contributed by atoms with Crippen LogP contribution >= 0.6 is 0 Å². The Hall–Kier alpha value is -0.560. The van der Waals surface area contributed by atoms with Gasteiger partial charge in [-0.2, -0.15) is 30.7 Å². The SMILES string of the molecule is CC1(C)C(F)(F)C(F)(F)C(C)(F)C1(C)C(F)(F)F. The molecule has 1 saturated carbocycles. The minimum Gasteiger partial charge on any atom is -0.236 e. The van der Waals surface area contributed by atoms with Crippen LogP contribution in [0.2, 0.25) is 0 Å². The second-order valence-corrected chi connectivity index (χ2v) is 5.40. The second-order valence-electron chi connectivity index (χ2n) is 5.40. The Morgan fingerprint density at radius 1 is 0.667 bits per heavy atom. The van der Waals surface area contributed by atoms with Gasteiger partial charge in [0.05, 0.1) is 5.41 Å². The summed E-state index contributed by atoms with van der Waals surface area (Å²) in [5.74, 6) is -10.5. The largest absolute Gasteiger partial charge is 0.398 e. The van der Waals surface area contributed by atoms with Crippen molar-refractivity contribution in [3.8, 4) is 0 Å². The lowest BCUT2D eigenvalue weighted by molar-refractivity contribution is -0.295. The highest BCUT2D eigenvalue weighted by Crippen LogP contribution is 2.76. The Morgan fingerprint density at radius 2 is 1.00 bits per heavy atom. The number of hydrogen-bond donors (Lipinski definition) is 0. The molecule has 1 aliphatic carbocycles. The lowest BCUT2D eigenvalue weighted by Gasteiger charge is -2.44. The van der Waals surface area contributed by atoms with E-state index < -0.39 is 34.5 Å². The van der Waals surface area contributed by atoms with E-state index in [-0.39, 0.29) is 13.8 Å². The van der Waals surface area contributed by atoms with Crippen molar-refractivity contribution in [3.63, 3.8) is 0 Å². The summed E-state index contributed by atoms with van der Waals surface area (Å²) in [7, 11) is 0. The molecule has 1 rings (SSSR count). The molecule has 1 aliphatic rings. The van der Waals surface area contributed by atoms with E-state index in [0.717, 1.165) is 0 Å². The molecule has 0 heterocycles. The molecule has 0 saturated heterocycles. The van der Waals surface area contributed by atoms with Crippen molar-refractivity contribution in [2.75, 3.05) is 0 Å². The molecule has 1 fully saturated rings. The first-order valence-corrected chi connectivity index (χ1v) is 5.01. The summed E-state index contributed by atoms with van der Waals surface area (Å²) in [6, 6.07) is 0. The first-order chi connectivity index (χ1) is 7.50. The van der Waals surface area contributed by atoms with Crippen LogP contribution in [0.25, 0.3) is 0 Å². The molecule has 0 N–H and O–H groups in total. The summed E-state index contributed by atoms with van der Waals surface area (Å²) >= 11 is 0. The molecule has 0 bridgehead atoms. The zero-order chi connectivity index (χ0) is 15.0. The van der Waals surface area contributed by atoms with Crippen molar-refractivity contribution in [2.45, 2.75) is 51.4 Å². The standard InChI is InChI=1S/C10H12F8/c1-5(2)6(3,10(16,17)18)7(4,11)9(14,15)8(5,12)13/h1-4H3. The molecule has 0 nitrogen and oxygen atoms in total. The lowest BCUT2D eigenvalue weighted by atomic mass is 9.63. The summed E-state index contributed by atoms with van der Waals surface area (Å²) in [6.45, 7) is 0.559. The van der Waals surface area contributed by atoms with Crippen molar-refractivity contribution in [1.29, 1.82) is 0 Å². The lowest BCUT2D eigenvalue weighted by Crippen LogP contribution is -2.57. The van der Waals surface area contributed by atoms with Crippen LogP contribution in [0.1, 0.15) is 27.7 Å². The van der Waals surface area contributed by atoms with E-state index in [1.807, 2.05) is 0 Å². The van der Waals surface area contributed by atoms with Gasteiger partial charge in [-0.1, -0.05) is 13.8 Å². The first-order valence-electron chi connectivity index (χ1n) is 5.01. The zero-order valence-corrected chi connectivity index (χ0v) is 10.0. The Labute approximate surface area is 98.3 Å². The normalized spacial score (nSPS) is 42.0. The van der Waals surface area contributed by atoms with E-state index in [0.29, 0.717) is 13.8 Å². The van der Waals surface area contributed by atoms with E-state index >= 15 is 0 Å². The van der Waals surface area contributed by atoms with E-state index in [1.165, 1.54) is 0 Å². The molecule has 18 heavy (non-hydrogen) atoms. The molecule has 0 spiro atoms. The topological polar surface area (TPSA) is 0 Å². The van der Waals surface area contributed by atoms with Crippen LogP contribution in [-0.2, 0) is 0 Å². The molecule has 0 aromatic carbocycles. The fraction of sp³-hybridized carbons (Fsp3) is 1.00. The number of hydrogen-bond acceptors (Lipinski definition) is 0. The Bertz CT molecular complexity index is 337. The summed E-state index contributed by atoms with van der Waals surface area (Å²) < 4.78 is 107. The number of halogens is 8. The average molecular weight is 284 g/mol. The van der Waals surface area contributed by atoms with Gasteiger partial charge in [0.25, 0.3) is 0 Å². The highest BCUT2D eigenvalue weighted by molar-refractivity contribution is 5.27. The molecule has 8 heteroatoms. The number of rotatable bonds is 0. The summed E-state index contributed by atoms with van der Waals surface area (Å²) in [5.41, 5.74) is -11.6. The van der Waals surface area contributed by atoms with Crippen LogP contribution in [0.15, 0.2) is 0 Å². The summed E-state index contributed by atoms with van der Waals surface area (Å²) in [5, 5.41) is 0. The van der Waals surface area contributed by atoms with Gasteiger partial charge in [0, 0.05) is 0 Å². The highest BCUT2D eigenvalue weighted by Gasteiger charge is 2.94. The minimum absolute atomic E-state index is 0.0713. The molecular weight excluding hydrogens is 272 g/mol. The Morgan fingerprint density at radius 3 is 1.11 bits per heavy atom. The van der Waals surface area contributed by atoms with Crippen molar-refractivity contribution in [1.82, 2.24) is 0 Å². The van der Waals surface area contributed by atoms with E-state index in [4.69, 9.17) is 0 Å². The maximum atomic E-state index is 14.0. The summed E-state index contributed by atoms with van der Waals surface area (Å²) in [6.07, 6.45) is -5.54. The van der Waals surface area contributed by atoms with Crippen LogP contribution in [0.4, 0.5) is 35.1 Å². The highest BCUT2D eigenvalue weighted by atomic mass is 19.4. The van der Waals surface area contributed by atoms with Crippen LogP contribution < -0.4 is 0 Å². The van der Waals surface area contributed by atoms with Crippen molar-refractivity contribution < 1.29 is 35.1 Å². The molecule has 0 aromatic rings. The molecule has 0 aromatic heterocycles. The van der Waals surface area contributed by atoms with E-state index in [1.54, 1.807) is 0 Å². The third kappa shape index (κ3) is 1.13. The van der Waals surface area contributed by atoms with Gasteiger partial charge >= 0.3 is 18.0 Å². The van der Waals surface area contributed by atoms with Crippen LogP contribution in [0, 0.1) is 10.8 Å². The predicted octanol–water partition coefficient (Wildman–Crippen LogP) is 4.59. The van der Waals surface area contributed by atoms with Gasteiger partial charge < -0.3 is 0 Å². The Kier molecular flexibility index (Phi) is 2.69. The van der Waals surface area contributed by atoms with Gasteiger partial charge in [-0.05, 0) is 13.8 Å². The second kappa shape index (κ2) is 3.12. The third-order valence-electron chi connectivity index (χ3n) is 4.52. The third-order valence-corrected chi connectivity index (χ3v) is 4.52. The fourth-order valence-electron chi connectivity index (χ4n) is 2.52. The van der Waals surface area contributed by atoms with E-state index in [9.17, 15) is 35.1 Å². The van der Waals surface area contributed by atoms with Gasteiger partial charge in [-0.3, -0.25) is 0 Å². The quantitative estimate of drug-likeness (QED) is 0.570. The van der Waals surface area contributed by atoms with Gasteiger partial charge in [0.15, 0.2) is 5.67 Å². The van der Waals surface area contributed by atoms with Crippen LogP contribution in [0.3, 0.4) is 0 Å². The van der Waals surface area contributed by atoms with Crippen molar-refractivity contribution in [2.24, 2.45) is 10.8 Å². The molecule has 2 unspecified atom stereocenters. The van der Waals surface area contributed by atoms with Gasteiger partial charge in [-0.15, -0.1) is 0 Å². The minimum atomic E-state index is -5.54. The maximum absolute atomic E-state index is 14.0. The van der Waals surface area contributed by atoms with Crippen molar-refractivity contribution >= 4 is 0 Å². The Balaban J connectivity index is 3.75. The molecule has 0 aliphatic heterocycles. The molecule has 2 atom stereocenters. The molecular formula is C10H12F8. The monoisotopic (exact) mass is 284 g/mol. The summed E-state index contributed by atoms with van der Waals surface area (Å²) in [4.78, 5) is 0. The maximum Gasteiger partial charge on any atom is 0.398 e. The van der Waals surface area contributed by atoms with Gasteiger partial charge in [-0.25, -0.2) is 4.39 Å². The number of alkyl halides is 8. The van der Waals surface area contributed by atoms with Gasteiger partial charge in [0.2, 0.25) is 0 Å². The smallest absolute Gasteiger partial charge is 0.236 e.